The molecule has 0 spiro atoms. The Kier molecular flexibility index (Phi) is 4.22. The molecular formula is C14H15F2NO3S. The second-order valence-corrected chi connectivity index (χ2v) is 6.24. The highest BCUT2D eigenvalue weighted by Gasteiger charge is 2.72. The fourth-order valence-corrected chi connectivity index (χ4v) is 2.60. The van der Waals surface area contributed by atoms with Crippen LogP contribution in [0.25, 0.3) is 0 Å². The monoisotopic (exact) mass is 315 g/mol. The number of hydrogen-bond donors (Lipinski definition) is 2. The van der Waals surface area contributed by atoms with E-state index in [0.717, 1.165) is 5.56 Å². The minimum atomic E-state index is -2.94. The number of aliphatic carboxylic acids is 1. The Balaban J connectivity index is 1.95. The third-order valence-electron chi connectivity index (χ3n) is 3.44. The molecule has 1 aliphatic rings. The molecule has 0 heterocycles. The normalized spacial score (nSPS) is 22.6. The number of carbonyl (C=O) groups excluding carboxylic acids is 1. The zero-order chi connectivity index (χ0) is 15.7. The smallest absolute Gasteiger partial charge is 0.313 e. The van der Waals surface area contributed by atoms with E-state index in [0.29, 0.717) is 11.4 Å². The van der Waals surface area contributed by atoms with Crippen LogP contribution in [0, 0.1) is 5.41 Å². The number of benzene rings is 1. The lowest BCUT2D eigenvalue weighted by molar-refractivity contribution is -0.134. The predicted octanol–water partition coefficient (Wildman–Crippen LogP) is 2.99. The molecule has 1 unspecified atom stereocenters. The van der Waals surface area contributed by atoms with Crippen molar-refractivity contribution in [3.63, 3.8) is 0 Å². The molecule has 0 aromatic heterocycles. The van der Waals surface area contributed by atoms with Crippen molar-refractivity contribution in [3.05, 3.63) is 29.8 Å². The number of nitrogens with one attached hydrogen (secondary N) is 1. The highest BCUT2D eigenvalue weighted by Crippen LogP contribution is 2.60. The molecule has 1 atom stereocenters. The van der Waals surface area contributed by atoms with Crippen LogP contribution < -0.4 is 5.32 Å². The average molecular weight is 315 g/mol. The largest absolute Gasteiger partial charge is 0.481 e. The van der Waals surface area contributed by atoms with Crippen LogP contribution in [-0.4, -0.2) is 28.7 Å². The molecule has 0 saturated heterocycles. The van der Waals surface area contributed by atoms with Crippen LogP contribution in [0.5, 0.6) is 0 Å². The number of hydrogen-bond acceptors (Lipinski definition) is 3. The van der Waals surface area contributed by atoms with Gasteiger partial charge in [-0.15, -0.1) is 11.8 Å². The summed E-state index contributed by atoms with van der Waals surface area (Å²) in [7, 11) is 0. The van der Waals surface area contributed by atoms with Crippen molar-refractivity contribution in [2.24, 2.45) is 5.41 Å². The molecule has 21 heavy (non-hydrogen) atoms. The SMILES string of the molecule is CC1(C(=O)Nc2cccc(CSCC(=O)O)c2)CC1(F)F. The Morgan fingerprint density at radius 3 is 2.67 bits per heavy atom. The summed E-state index contributed by atoms with van der Waals surface area (Å²) in [5.41, 5.74) is -0.356. The van der Waals surface area contributed by atoms with Gasteiger partial charge >= 0.3 is 5.97 Å². The molecule has 1 amide bonds. The zero-order valence-corrected chi connectivity index (χ0v) is 12.2. The summed E-state index contributed by atoms with van der Waals surface area (Å²) in [6.45, 7) is 1.24. The fourth-order valence-electron chi connectivity index (χ4n) is 1.91. The Morgan fingerprint density at radius 2 is 2.10 bits per heavy atom. The molecule has 114 valence electrons. The maximum Gasteiger partial charge on any atom is 0.313 e. The number of alkyl halides is 2. The number of halogens is 2. The molecule has 4 nitrogen and oxygen atoms in total. The van der Waals surface area contributed by atoms with E-state index < -0.39 is 29.6 Å². The van der Waals surface area contributed by atoms with E-state index in [1.54, 1.807) is 24.3 Å². The molecule has 7 heteroatoms. The van der Waals surface area contributed by atoms with E-state index in [4.69, 9.17) is 5.11 Å². The Labute approximate surface area is 124 Å². The van der Waals surface area contributed by atoms with Gasteiger partial charge in [0.2, 0.25) is 5.91 Å². The zero-order valence-electron chi connectivity index (χ0n) is 11.4. The number of carboxylic acids is 1. The van der Waals surface area contributed by atoms with Gasteiger partial charge in [-0.25, -0.2) is 8.78 Å². The van der Waals surface area contributed by atoms with Crippen LogP contribution in [0.2, 0.25) is 0 Å². The molecule has 0 aliphatic heterocycles. The number of thioether (sulfide) groups is 1. The molecule has 1 saturated carbocycles. The Hall–Kier alpha value is -1.63. The van der Waals surface area contributed by atoms with Gasteiger partial charge in [0.15, 0.2) is 0 Å². The van der Waals surface area contributed by atoms with Crippen LogP contribution in [0.3, 0.4) is 0 Å². The highest BCUT2D eigenvalue weighted by molar-refractivity contribution is 7.99. The highest BCUT2D eigenvalue weighted by atomic mass is 32.2. The summed E-state index contributed by atoms with van der Waals surface area (Å²) < 4.78 is 26.3. The molecule has 2 N–H and O–H groups in total. The van der Waals surface area contributed by atoms with E-state index in [9.17, 15) is 18.4 Å². The summed E-state index contributed by atoms with van der Waals surface area (Å²) in [4.78, 5) is 22.3. The first kappa shape index (κ1) is 15.8. The third kappa shape index (κ3) is 3.53. The molecule has 1 fully saturated rings. The molecule has 0 radical (unpaired) electrons. The fraction of sp³-hybridized carbons (Fsp3) is 0.429. The van der Waals surface area contributed by atoms with Gasteiger partial charge in [-0.2, -0.15) is 0 Å². The second kappa shape index (κ2) is 5.63. The number of carboxylic acid groups (broad SMARTS) is 1. The van der Waals surface area contributed by atoms with Crippen LogP contribution in [0.15, 0.2) is 24.3 Å². The van der Waals surface area contributed by atoms with E-state index in [2.05, 4.69) is 5.32 Å². The first-order chi connectivity index (χ1) is 9.74. The lowest BCUT2D eigenvalue weighted by Crippen LogP contribution is -2.26. The van der Waals surface area contributed by atoms with Gasteiger partial charge < -0.3 is 10.4 Å². The van der Waals surface area contributed by atoms with Crippen LogP contribution in [0.1, 0.15) is 18.9 Å². The lowest BCUT2D eigenvalue weighted by atomic mass is 10.1. The molecule has 2 rings (SSSR count). The predicted molar refractivity (Wildman–Crippen MR) is 76.5 cm³/mol. The quantitative estimate of drug-likeness (QED) is 0.847. The van der Waals surface area contributed by atoms with Crippen molar-refractivity contribution in [2.45, 2.75) is 25.0 Å². The number of anilines is 1. The minimum absolute atomic E-state index is 0.0130. The number of rotatable bonds is 6. The maximum atomic E-state index is 13.1. The van der Waals surface area contributed by atoms with Gasteiger partial charge in [0.05, 0.1) is 5.75 Å². The second-order valence-electron chi connectivity index (χ2n) is 5.25. The van der Waals surface area contributed by atoms with E-state index >= 15 is 0 Å². The maximum absolute atomic E-state index is 13.1. The number of carbonyl (C=O) groups is 2. The summed E-state index contributed by atoms with van der Waals surface area (Å²) in [5, 5.41) is 11.1. The Morgan fingerprint density at radius 1 is 1.43 bits per heavy atom. The molecule has 1 aromatic carbocycles. The molecule has 0 bridgehead atoms. The van der Waals surface area contributed by atoms with Crippen molar-refractivity contribution in [1.29, 1.82) is 0 Å². The minimum Gasteiger partial charge on any atom is -0.481 e. The first-order valence-electron chi connectivity index (χ1n) is 6.32. The summed E-state index contributed by atoms with van der Waals surface area (Å²) in [6, 6.07) is 6.77. The van der Waals surface area contributed by atoms with E-state index in [-0.39, 0.29) is 5.75 Å². The van der Waals surface area contributed by atoms with Gasteiger partial charge in [0.25, 0.3) is 5.92 Å². The topological polar surface area (TPSA) is 66.4 Å². The summed E-state index contributed by atoms with van der Waals surface area (Å²) >= 11 is 1.23. The van der Waals surface area contributed by atoms with Crippen molar-refractivity contribution >= 4 is 29.3 Å². The standard InChI is InChI=1S/C14H15F2NO3S/c1-13(8-14(13,15)16)12(20)17-10-4-2-3-9(5-10)6-21-7-11(18)19/h2-5H,6-8H2,1H3,(H,17,20)(H,18,19). The van der Waals surface area contributed by atoms with Gasteiger partial charge in [0.1, 0.15) is 5.41 Å². The van der Waals surface area contributed by atoms with Gasteiger partial charge in [0, 0.05) is 17.9 Å². The van der Waals surface area contributed by atoms with Crippen molar-refractivity contribution in [2.75, 3.05) is 11.1 Å². The molecule has 1 aromatic rings. The van der Waals surface area contributed by atoms with Gasteiger partial charge in [-0.1, -0.05) is 12.1 Å². The van der Waals surface area contributed by atoms with Crippen molar-refractivity contribution in [3.8, 4) is 0 Å². The first-order valence-corrected chi connectivity index (χ1v) is 7.48. The average Bonchev–Trinajstić information content (AvgIpc) is 2.90. The van der Waals surface area contributed by atoms with Gasteiger partial charge in [-0.05, 0) is 24.6 Å². The van der Waals surface area contributed by atoms with Crippen molar-refractivity contribution in [1.82, 2.24) is 0 Å². The molecule has 1 aliphatic carbocycles. The van der Waals surface area contributed by atoms with E-state index in [1.807, 2.05) is 0 Å². The van der Waals surface area contributed by atoms with Crippen LogP contribution in [-0.2, 0) is 15.3 Å². The van der Waals surface area contributed by atoms with Crippen LogP contribution in [0.4, 0.5) is 14.5 Å². The summed E-state index contributed by atoms with van der Waals surface area (Å²) in [6.07, 6.45) is -0.431. The lowest BCUT2D eigenvalue weighted by Gasteiger charge is -2.12. The van der Waals surface area contributed by atoms with Crippen LogP contribution >= 0.6 is 11.8 Å². The van der Waals surface area contributed by atoms with Crippen molar-refractivity contribution < 1.29 is 23.5 Å². The molecular weight excluding hydrogens is 300 g/mol. The van der Waals surface area contributed by atoms with Gasteiger partial charge in [-0.3, -0.25) is 9.59 Å². The Bertz CT molecular complexity index is 579. The summed E-state index contributed by atoms with van der Waals surface area (Å²) in [5.74, 6) is -4.06. The number of amides is 1. The third-order valence-corrected chi connectivity index (χ3v) is 4.43. The van der Waals surface area contributed by atoms with E-state index in [1.165, 1.54) is 18.7 Å².